The molecule has 0 aromatic heterocycles. The average molecular weight is 386 g/mol. The lowest BCUT2D eigenvalue weighted by Gasteiger charge is -2.36. The standard InChI is InChI=1S/C21H23FN2O2S/c1-15(25)17-6-7-20(19(22)13-17)23-8-10-24(11-9-23)21(26)18-5-3-4-16(12-18)14-27-2/h3-7,12-13H,8-11,14H2,1-2H3. The van der Waals surface area contributed by atoms with E-state index in [0.717, 1.165) is 11.3 Å². The van der Waals surface area contributed by atoms with Gasteiger partial charge in [-0.3, -0.25) is 9.59 Å². The largest absolute Gasteiger partial charge is 0.366 e. The Labute approximate surface area is 163 Å². The van der Waals surface area contributed by atoms with E-state index >= 15 is 0 Å². The number of nitrogens with zero attached hydrogens (tertiary/aromatic N) is 2. The summed E-state index contributed by atoms with van der Waals surface area (Å²) in [4.78, 5) is 27.9. The minimum absolute atomic E-state index is 0.0185. The maximum atomic E-state index is 14.4. The molecule has 0 spiro atoms. The van der Waals surface area contributed by atoms with Crippen molar-refractivity contribution < 1.29 is 14.0 Å². The quantitative estimate of drug-likeness (QED) is 0.732. The van der Waals surface area contributed by atoms with E-state index in [9.17, 15) is 14.0 Å². The van der Waals surface area contributed by atoms with Crippen molar-refractivity contribution in [3.63, 3.8) is 0 Å². The summed E-state index contributed by atoms with van der Waals surface area (Å²) in [5.41, 5.74) is 2.69. The van der Waals surface area contributed by atoms with Crippen LogP contribution in [0.4, 0.5) is 10.1 Å². The molecule has 4 nitrogen and oxygen atoms in total. The summed E-state index contributed by atoms with van der Waals surface area (Å²) in [5.74, 6) is 0.349. The Morgan fingerprint density at radius 2 is 1.78 bits per heavy atom. The van der Waals surface area contributed by atoms with Crippen LogP contribution in [0.15, 0.2) is 42.5 Å². The van der Waals surface area contributed by atoms with Crippen molar-refractivity contribution in [2.45, 2.75) is 12.7 Å². The number of hydrogen-bond acceptors (Lipinski definition) is 4. The lowest BCUT2D eigenvalue weighted by atomic mass is 10.1. The van der Waals surface area contributed by atoms with Crippen molar-refractivity contribution in [3.05, 3.63) is 65.0 Å². The van der Waals surface area contributed by atoms with Crippen molar-refractivity contribution in [1.29, 1.82) is 0 Å². The average Bonchev–Trinajstić information content (AvgIpc) is 2.68. The topological polar surface area (TPSA) is 40.6 Å². The molecule has 1 aliphatic rings. The van der Waals surface area contributed by atoms with E-state index in [1.807, 2.05) is 40.3 Å². The number of amides is 1. The molecule has 1 amide bonds. The Bertz CT molecular complexity index is 848. The zero-order chi connectivity index (χ0) is 19.4. The van der Waals surface area contributed by atoms with E-state index in [1.165, 1.54) is 13.0 Å². The molecule has 0 saturated carbocycles. The summed E-state index contributed by atoms with van der Waals surface area (Å²) in [6.07, 6.45) is 2.04. The lowest BCUT2D eigenvalue weighted by molar-refractivity contribution is 0.0746. The highest BCUT2D eigenvalue weighted by atomic mass is 32.2. The van der Waals surface area contributed by atoms with E-state index in [0.29, 0.717) is 43.0 Å². The molecule has 0 N–H and O–H groups in total. The summed E-state index contributed by atoms with van der Waals surface area (Å²) >= 11 is 1.72. The predicted octanol–water partition coefficient (Wildman–Crippen LogP) is 3.85. The minimum Gasteiger partial charge on any atom is -0.366 e. The van der Waals surface area contributed by atoms with Crippen LogP contribution in [0.5, 0.6) is 0 Å². The highest BCUT2D eigenvalue weighted by Gasteiger charge is 2.24. The van der Waals surface area contributed by atoms with Gasteiger partial charge in [-0.2, -0.15) is 11.8 Å². The Morgan fingerprint density at radius 1 is 1.04 bits per heavy atom. The zero-order valence-electron chi connectivity index (χ0n) is 15.6. The molecule has 6 heteroatoms. The maximum absolute atomic E-state index is 14.4. The third kappa shape index (κ3) is 4.50. The SMILES string of the molecule is CSCc1cccc(C(=O)N2CCN(c3ccc(C(C)=O)cc3F)CC2)c1. The van der Waals surface area contributed by atoms with Crippen molar-refractivity contribution in [1.82, 2.24) is 4.90 Å². The number of carbonyl (C=O) groups is 2. The van der Waals surface area contributed by atoms with E-state index < -0.39 is 5.82 Å². The number of halogens is 1. The van der Waals surface area contributed by atoms with Crippen LogP contribution in [0.25, 0.3) is 0 Å². The van der Waals surface area contributed by atoms with Gasteiger partial charge in [0.1, 0.15) is 5.82 Å². The summed E-state index contributed by atoms with van der Waals surface area (Å²) in [5, 5.41) is 0. The molecule has 27 heavy (non-hydrogen) atoms. The Balaban J connectivity index is 1.66. The van der Waals surface area contributed by atoms with Crippen LogP contribution in [-0.4, -0.2) is 49.0 Å². The second-order valence-electron chi connectivity index (χ2n) is 6.64. The number of hydrogen-bond donors (Lipinski definition) is 0. The van der Waals surface area contributed by atoms with Crippen LogP contribution in [0.2, 0.25) is 0 Å². The molecule has 0 aliphatic carbocycles. The molecule has 1 heterocycles. The number of piperazine rings is 1. The van der Waals surface area contributed by atoms with E-state index in [-0.39, 0.29) is 11.7 Å². The first-order chi connectivity index (χ1) is 13.0. The van der Waals surface area contributed by atoms with Crippen LogP contribution in [0.1, 0.15) is 33.2 Å². The van der Waals surface area contributed by atoms with Gasteiger partial charge in [-0.25, -0.2) is 4.39 Å². The highest BCUT2D eigenvalue weighted by Crippen LogP contribution is 2.23. The predicted molar refractivity (Wildman–Crippen MR) is 108 cm³/mol. The van der Waals surface area contributed by atoms with Crippen molar-refractivity contribution >= 4 is 29.1 Å². The van der Waals surface area contributed by atoms with Gasteiger partial charge in [0.2, 0.25) is 0 Å². The monoisotopic (exact) mass is 386 g/mol. The van der Waals surface area contributed by atoms with E-state index in [4.69, 9.17) is 0 Å². The molecule has 0 unspecified atom stereocenters. The lowest BCUT2D eigenvalue weighted by Crippen LogP contribution is -2.49. The number of thioether (sulfide) groups is 1. The molecular weight excluding hydrogens is 363 g/mol. The number of anilines is 1. The van der Waals surface area contributed by atoms with Crippen LogP contribution in [-0.2, 0) is 5.75 Å². The molecule has 2 aromatic rings. The Kier molecular flexibility index (Phi) is 6.16. The van der Waals surface area contributed by atoms with Gasteiger partial charge >= 0.3 is 0 Å². The van der Waals surface area contributed by atoms with Gasteiger partial charge in [-0.05, 0) is 49.1 Å². The van der Waals surface area contributed by atoms with E-state index in [2.05, 4.69) is 0 Å². The third-order valence-corrected chi connectivity index (χ3v) is 5.37. The fourth-order valence-electron chi connectivity index (χ4n) is 3.28. The van der Waals surface area contributed by atoms with Crippen LogP contribution in [0, 0.1) is 5.82 Å². The fourth-order valence-corrected chi connectivity index (χ4v) is 3.79. The normalized spacial score (nSPS) is 14.3. The number of carbonyl (C=O) groups excluding carboxylic acids is 2. The molecular formula is C21H23FN2O2S. The second kappa shape index (κ2) is 8.57. The summed E-state index contributed by atoms with van der Waals surface area (Å²) in [7, 11) is 0. The number of benzene rings is 2. The van der Waals surface area contributed by atoms with Crippen LogP contribution >= 0.6 is 11.8 Å². The van der Waals surface area contributed by atoms with Gasteiger partial charge in [0.25, 0.3) is 5.91 Å². The molecule has 1 aliphatic heterocycles. The number of Topliss-reactive ketones (excluding diaryl/α,β-unsaturated/α-hetero) is 1. The smallest absolute Gasteiger partial charge is 0.253 e. The fraction of sp³-hybridized carbons (Fsp3) is 0.333. The molecule has 1 saturated heterocycles. The summed E-state index contributed by atoms with van der Waals surface area (Å²) in [6, 6.07) is 12.3. The molecule has 1 fully saturated rings. The van der Waals surface area contributed by atoms with Crippen molar-refractivity contribution in [3.8, 4) is 0 Å². The summed E-state index contributed by atoms with van der Waals surface area (Å²) in [6.45, 7) is 3.63. The summed E-state index contributed by atoms with van der Waals surface area (Å²) < 4.78 is 14.4. The van der Waals surface area contributed by atoms with Crippen LogP contribution in [0.3, 0.4) is 0 Å². The van der Waals surface area contributed by atoms with Crippen molar-refractivity contribution in [2.24, 2.45) is 0 Å². The van der Waals surface area contributed by atoms with Gasteiger partial charge in [0.15, 0.2) is 5.78 Å². The molecule has 0 radical (unpaired) electrons. The molecule has 0 atom stereocenters. The maximum Gasteiger partial charge on any atom is 0.253 e. The Morgan fingerprint density at radius 3 is 2.41 bits per heavy atom. The number of rotatable bonds is 5. The number of ketones is 1. The first-order valence-electron chi connectivity index (χ1n) is 8.92. The van der Waals surface area contributed by atoms with Gasteiger partial charge < -0.3 is 9.80 Å². The van der Waals surface area contributed by atoms with Gasteiger partial charge in [-0.1, -0.05) is 12.1 Å². The Hall–Kier alpha value is -2.34. The molecule has 142 valence electrons. The third-order valence-electron chi connectivity index (χ3n) is 4.75. The minimum atomic E-state index is -0.396. The van der Waals surface area contributed by atoms with Gasteiger partial charge in [-0.15, -0.1) is 0 Å². The van der Waals surface area contributed by atoms with Gasteiger partial charge in [0, 0.05) is 43.1 Å². The molecule has 2 aromatic carbocycles. The molecule has 0 bridgehead atoms. The first-order valence-corrected chi connectivity index (χ1v) is 10.3. The highest BCUT2D eigenvalue weighted by molar-refractivity contribution is 7.97. The van der Waals surface area contributed by atoms with Crippen LogP contribution < -0.4 is 4.90 Å². The first kappa shape index (κ1) is 19.4. The molecule has 3 rings (SSSR count). The van der Waals surface area contributed by atoms with E-state index in [1.54, 1.807) is 23.9 Å². The zero-order valence-corrected chi connectivity index (χ0v) is 16.4. The second-order valence-corrected chi connectivity index (χ2v) is 7.50. The van der Waals surface area contributed by atoms with Crippen molar-refractivity contribution in [2.75, 3.05) is 37.3 Å². The van der Waals surface area contributed by atoms with Gasteiger partial charge in [0.05, 0.1) is 5.69 Å².